The van der Waals surface area contributed by atoms with Crippen molar-refractivity contribution in [2.24, 2.45) is 0 Å². The van der Waals surface area contributed by atoms with Crippen molar-refractivity contribution in [2.45, 2.75) is 5.92 Å². The van der Waals surface area contributed by atoms with Gasteiger partial charge < -0.3 is 5.11 Å². The SMILES string of the molecule is O=C(O)C(C(=O)c1ccccc1)c1ccc(Cl)cc1. The Kier molecular flexibility index (Phi) is 3.97. The standard InChI is InChI=1S/C15H11ClO3/c16-12-8-6-10(7-9-12)13(15(18)19)14(17)11-4-2-1-3-5-11/h1-9,13H,(H,18,19). The van der Waals surface area contributed by atoms with Gasteiger partial charge in [-0.3, -0.25) is 9.59 Å². The molecule has 96 valence electrons. The molecule has 0 saturated heterocycles. The molecule has 0 amide bonds. The van der Waals surface area contributed by atoms with Crippen LogP contribution in [0.15, 0.2) is 54.6 Å². The maximum Gasteiger partial charge on any atom is 0.318 e. The number of carbonyl (C=O) groups is 2. The van der Waals surface area contributed by atoms with E-state index in [4.69, 9.17) is 11.6 Å². The van der Waals surface area contributed by atoms with Crippen molar-refractivity contribution >= 4 is 23.4 Å². The number of benzene rings is 2. The molecule has 0 heterocycles. The highest BCUT2D eigenvalue weighted by Gasteiger charge is 2.28. The fraction of sp³-hybridized carbons (Fsp3) is 0.0667. The summed E-state index contributed by atoms with van der Waals surface area (Å²) in [5.41, 5.74) is 0.801. The van der Waals surface area contributed by atoms with Gasteiger partial charge in [-0.15, -0.1) is 0 Å². The molecule has 0 saturated carbocycles. The van der Waals surface area contributed by atoms with Crippen molar-refractivity contribution < 1.29 is 14.7 Å². The number of aliphatic carboxylic acids is 1. The maximum atomic E-state index is 12.3. The molecule has 0 fully saturated rings. The Morgan fingerprint density at radius 1 is 0.947 bits per heavy atom. The predicted molar refractivity (Wildman–Crippen MR) is 72.6 cm³/mol. The lowest BCUT2D eigenvalue weighted by Gasteiger charge is -2.11. The zero-order valence-electron chi connectivity index (χ0n) is 9.92. The van der Waals surface area contributed by atoms with Crippen LogP contribution in [-0.2, 0) is 4.79 Å². The molecule has 19 heavy (non-hydrogen) atoms. The quantitative estimate of drug-likeness (QED) is 0.687. The predicted octanol–water partition coefficient (Wildman–Crippen LogP) is 3.39. The molecule has 2 aromatic rings. The molecule has 1 unspecified atom stereocenters. The van der Waals surface area contributed by atoms with Crippen molar-refractivity contribution in [1.29, 1.82) is 0 Å². The van der Waals surface area contributed by atoms with Gasteiger partial charge in [0.25, 0.3) is 0 Å². The minimum Gasteiger partial charge on any atom is -0.480 e. The Hall–Kier alpha value is -2.13. The van der Waals surface area contributed by atoms with Gasteiger partial charge in [0.05, 0.1) is 0 Å². The Morgan fingerprint density at radius 2 is 1.53 bits per heavy atom. The van der Waals surface area contributed by atoms with E-state index in [2.05, 4.69) is 0 Å². The van der Waals surface area contributed by atoms with Crippen LogP contribution in [0.3, 0.4) is 0 Å². The average molecular weight is 275 g/mol. The molecule has 1 N–H and O–H groups in total. The summed E-state index contributed by atoms with van der Waals surface area (Å²) in [5.74, 6) is -2.81. The molecule has 2 aromatic carbocycles. The smallest absolute Gasteiger partial charge is 0.318 e. The van der Waals surface area contributed by atoms with Gasteiger partial charge in [0, 0.05) is 10.6 Å². The van der Waals surface area contributed by atoms with Gasteiger partial charge in [-0.2, -0.15) is 0 Å². The number of hydrogen-bond donors (Lipinski definition) is 1. The Bertz CT molecular complexity index is 591. The van der Waals surface area contributed by atoms with Crippen molar-refractivity contribution in [3.8, 4) is 0 Å². The Morgan fingerprint density at radius 3 is 2.05 bits per heavy atom. The largest absolute Gasteiger partial charge is 0.480 e. The second-order valence-corrected chi connectivity index (χ2v) is 4.49. The molecule has 0 aromatic heterocycles. The lowest BCUT2D eigenvalue weighted by molar-refractivity contribution is -0.137. The molecule has 2 rings (SSSR count). The summed E-state index contributed by atoms with van der Waals surface area (Å²) in [5, 5.41) is 9.77. The number of halogens is 1. The van der Waals surface area contributed by atoms with E-state index in [9.17, 15) is 14.7 Å². The molecule has 0 bridgehead atoms. The van der Waals surface area contributed by atoms with Crippen LogP contribution >= 0.6 is 11.6 Å². The van der Waals surface area contributed by atoms with E-state index in [0.29, 0.717) is 16.1 Å². The van der Waals surface area contributed by atoms with Gasteiger partial charge in [-0.05, 0) is 17.7 Å². The number of carboxylic acids is 1. The van der Waals surface area contributed by atoms with E-state index in [1.807, 2.05) is 0 Å². The number of ketones is 1. The molecule has 3 nitrogen and oxygen atoms in total. The fourth-order valence-corrected chi connectivity index (χ4v) is 1.96. The Labute approximate surface area is 115 Å². The van der Waals surface area contributed by atoms with Gasteiger partial charge in [0.1, 0.15) is 5.92 Å². The van der Waals surface area contributed by atoms with Gasteiger partial charge in [-0.25, -0.2) is 0 Å². The molecule has 1 atom stereocenters. The molecule has 0 aliphatic heterocycles. The zero-order valence-corrected chi connectivity index (χ0v) is 10.7. The number of carboxylic acid groups (broad SMARTS) is 1. The molecular weight excluding hydrogens is 264 g/mol. The number of rotatable bonds is 4. The van der Waals surface area contributed by atoms with E-state index in [1.165, 1.54) is 0 Å². The van der Waals surface area contributed by atoms with Crippen LogP contribution in [0.5, 0.6) is 0 Å². The highest BCUT2D eigenvalue weighted by Crippen LogP contribution is 2.23. The van der Waals surface area contributed by atoms with E-state index in [0.717, 1.165) is 0 Å². The van der Waals surface area contributed by atoms with Crippen molar-refractivity contribution in [3.05, 3.63) is 70.7 Å². The molecule has 0 aliphatic rings. The van der Waals surface area contributed by atoms with Gasteiger partial charge in [0.2, 0.25) is 0 Å². The molecule has 0 aliphatic carbocycles. The van der Waals surface area contributed by atoms with Crippen LogP contribution in [0.1, 0.15) is 21.8 Å². The lowest BCUT2D eigenvalue weighted by Crippen LogP contribution is -2.21. The van der Waals surface area contributed by atoms with Crippen LogP contribution in [-0.4, -0.2) is 16.9 Å². The average Bonchev–Trinajstić information content (AvgIpc) is 2.42. The molecule has 4 heteroatoms. The fourth-order valence-electron chi connectivity index (χ4n) is 1.83. The second-order valence-electron chi connectivity index (χ2n) is 4.05. The number of hydrogen-bond acceptors (Lipinski definition) is 2. The highest BCUT2D eigenvalue weighted by atomic mass is 35.5. The monoisotopic (exact) mass is 274 g/mol. The van der Waals surface area contributed by atoms with E-state index < -0.39 is 17.7 Å². The first kappa shape index (κ1) is 13.3. The van der Waals surface area contributed by atoms with Crippen LogP contribution in [0.25, 0.3) is 0 Å². The summed E-state index contributed by atoms with van der Waals surface area (Å²) in [6.45, 7) is 0. The summed E-state index contributed by atoms with van der Waals surface area (Å²) >= 11 is 5.76. The first-order chi connectivity index (χ1) is 9.09. The highest BCUT2D eigenvalue weighted by molar-refractivity contribution is 6.30. The number of Topliss-reactive ketones (excluding diaryl/α,β-unsaturated/α-hetero) is 1. The number of carbonyl (C=O) groups excluding carboxylic acids is 1. The summed E-state index contributed by atoms with van der Waals surface area (Å²) in [4.78, 5) is 23.6. The Balaban J connectivity index is 2.39. The molecular formula is C15H11ClO3. The van der Waals surface area contributed by atoms with Crippen LogP contribution in [0.2, 0.25) is 5.02 Å². The summed E-state index contributed by atoms with van der Waals surface area (Å²) < 4.78 is 0. The van der Waals surface area contributed by atoms with E-state index in [1.54, 1.807) is 54.6 Å². The van der Waals surface area contributed by atoms with Crippen LogP contribution in [0.4, 0.5) is 0 Å². The minimum absolute atomic E-state index is 0.379. The van der Waals surface area contributed by atoms with Gasteiger partial charge in [0.15, 0.2) is 5.78 Å². The van der Waals surface area contributed by atoms with Gasteiger partial charge in [-0.1, -0.05) is 54.1 Å². The normalized spacial score (nSPS) is 11.8. The topological polar surface area (TPSA) is 54.4 Å². The van der Waals surface area contributed by atoms with E-state index >= 15 is 0 Å². The van der Waals surface area contributed by atoms with Crippen LogP contribution in [0, 0.1) is 0 Å². The summed E-state index contributed by atoms with van der Waals surface area (Å²) in [7, 11) is 0. The third kappa shape index (κ3) is 3.01. The third-order valence-corrected chi connectivity index (χ3v) is 3.02. The third-order valence-electron chi connectivity index (χ3n) is 2.77. The minimum atomic E-state index is -1.21. The van der Waals surface area contributed by atoms with Crippen molar-refractivity contribution in [3.63, 3.8) is 0 Å². The lowest BCUT2D eigenvalue weighted by atomic mass is 9.91. The first-order valence-corrected chi connectivity index (χ1v) is 6.05. The summed E-state index contributed by atoms with van der Waals surface area (Å²) in [6, 6.07) is 14.7. The van der Waals surface area contributed by atoms with Gasteiger partial charge >= 0.3 is 5.97 Å². The maximum absolute atomic E-state index is 12.3. The van der Waals surface area contributed by atoms with Crippen molar-refractivity contribution in [2.75, 3.05) is 0 Å². The van der Waals surface area contributed by atoms with Crippen molar-refractivity contribution in [1.82, 2.24) is 0 Å². The molecule has 0 radical (unpaired) electrons. The second kappa shape index (κ2) is 5.67. The zero-order chi connectivity index (χ0) is 13.8. The van der Waals surface area contributed by atoms with Crippen LogP contribution < -0.4 is 0 Å². The first-order valence-electron chi connectivity index (χ1n) is 5.67. The summed E-state index contributed by atoms with van der Waals surface area (Å²) in [6.07, 6.45) is 0. The van der Waals surface area contributed by atoms with E-state index in [-0.39, 0.29) is 0 Å². The molecule has 0 spiro atoms.